The Hall–Kier alpha value is -2.25. The van der Waals surface area contributed by atoms with Crippen molar-refractivity contribution in [1.29, 1.82) is 5.26 Å². The van der Waals surface area contributed by atoms with Crippen LogP contribution in [-0.4, -0.2) is 18.2 Å². The SMILES string of the molecule is Cc1ccc(SCC(=O)N(CC#N)c2ccccc2)cc1. The van der Waals surface area contributed by atoms with E-state index < -0.39 is 0 Å². The normalized spacial score (nSPS) is 9.90. The molecule has 4 heteroatoms. The summed E-state index contributed by atoms with van der Waals surface area (Å²) < 4.78 is 0. The summed E-state index contributed by atoms with van der Waals surface area (Å²) in [7, 11) is 0. The highest BCUT2D eigenvalue weighted by atomic mass is 32.2. The molecule has 0 fully saturated rings. The molecular weight excluding hydrogens is 280 g/mol. The van der Waals surface area contributed by atoms with Crippen molar-refractivity contribution in [2.45, 2.75) is 11.8 Å². The van der Waals surface area contributed by atoms with Crippen LogP contribution in [0.4, 0.5) is 5.69 Å². The molecule has 1 amide bonds. The molecule has 106 valence electrons. The Kier molecular flexibility index (Phi) is 5.42. The van der Waals surface area contributed by atoms with E-state index in [4.69, 9.17) is 5.26 Å². The minimum atomic E-state index is -0.0617. The lowest BCUT2D eigenvalue weighted by Crippen LogP contribution is -2.32. The number of rotatable bonds is 5. The van der Waals surface area contributed by atoms with Gasteiger partial charge >= 0.3 is 0 Å². The Balaban J connectivity index is 2.02. The molecule has 0 radical (unpaired) electrons. The average Bonchev–Trinajstić information content (AvgIpc) is 2.52. The highest BCUT2D eigenvalue weighted by molar-refractivity contribution is 8.00. The fourth-order valence-electron chi connectivity index (χ4n) is 1.86. The third kappa shape index (κ3) is 4.37. The van der Waals surface area contributed by atoms with Crippen LogP contribution in [0.15, 0.2) is 59.5 Å². The van der Waals surface area contributed by atoms with Crippen molar-refractivity contribution < 1.29 is 4.79 Å². The van der Waals surface area contributed by atoms with Gasteiger partial charge in [0.15, 0.2) is 0 Å². The van der Waals surface area contributed by atoms with E-state index >= 15 is 0 Å². The summed E-state index contributed by atoms with van der Waals surface area (Å²) in [5.41, 5.74) is 1.95. The zero-order valence-electron chi connectivity index (χ0n) is 11.8. The third-order valence-corrected chi connectivity index (χ3v) is 3.98. The molecule has 0 aliphatic heterocycles. The molecule has 0 atom stereocenters. The quantitative estimate of drug-likeness (QED) is 0.625. The molecule has 2 aromatic rings. The van der Waals surface area contributed by atoms with Crippen LogP contribution in [0.1, 0.15) is 5.56 Å². The standard InChI is InChI=1S/C17H16N2OS/c1-14-7-9-16(10-8-14)21-13-17(20)19(12-11-18)15-5-3-2-4-6-15/h2-10H,12-13H2,1H3. The van der Waals surface area contributed by atoms with Crippen molar-refractivity contribution in [2.24, 2.45) is 0 Å². The van der Waals surface area contributed by atoms with Crippen LogP contribution in [0.2, 0.25) is 0 Å². The summed E-state index contributed by atoms with van der Waals surface area (Å²) in [6.07, 6.45) is 0. The van der Waals surface area contributed by atoms with Crippen molar-refractivity contribution in [3.8, 4) is 6.07 Å². The van der Waals surface area contributed by atoms with Crippen molar-refractivity contribution >= 4 is 23.4 Å². The third-order valence-electron chi connectivity index (χ3n) is 2.98. The summed E-state index contributed by atoms with van der Waals surface area (Å²) >= 11 is 1.49. The molecule has 0 bridgehead atoms. The van der Waals surface area contributed by atoms with Gasteiger partial charge in [-0.25, -0.2) is 0 Å². The Bertz CT molecular complexity index is 632. The number of benzene rings is 2. The van der Waals surface area contributed by atoms with Gasteiger partial charge in [0, 0.05) is 10.6 Å². The minimum Gasteiger partial charge on any atom is -0.298 e. The molecule has 2 rings (SSSR count). The van der Waals surface area contributed by atoms with Crippen molar-refractivity contribution in [3.63, 3.8) is 0 Å². The van der Waals surface area contributed by atoms with Crippen LogP contribution in [0.3, 0.4) is 0 Å². The molecule has 0 unspecified atom stereocenters. The number of nitriles is 1. The smallest absolute Gasteiger partial charge is 0.238 e. The van der Waals surface area contributed by atoms with E-state index in [1.165, 1.54) is 22.2 Å². The summed E-state index contributed by atoms with van der Waals surface area (Å²) in [5, 5.41) is 8.91. The Labute approximate surface area is 129 Å². The van der Waals surface area contributed by atoms with Crippen LogP contribution < -0.4 is 4.90 Å². The number of carbonyl (C=O) groups excluding carboxylic acids is 1. The largest absolute Gasteiger partial charge is 0.298 e. The van der Waals surface area contributed by atoms with Crippen LogP contribution in [0.5, 0.6) is 0 Å². The van der Waals surface area contributed by atoms with Gasteiger partial charge in [0.2, 0.25) is 5.91 Å². The van der Waals surface area contributed by atoms with E-state index in [1.807, 2.05) is 67.6 Å². The molecule has 0 N–H and O–H groups in total. The molecule has 3 nitrogen and oxygen atoms in total. The van der Waals surface area contributed by atoms with Gasteiger partial charge in [-0.1, -0.05) is 35.9 Å². The molecule has 21 heavy (non-hydrogen) atoms. The maximum atomic E-state index is 12.3. The Morgan fingerprint density at radius 2 is 1.81 bits per heavy atom. The lowest BCUT2D eigenvalue weighted by Gasteiger charge is -2.19. The molecular formula is C17H16N2OS. The number of aryl methyl sites for hydroxylation is 1. The van der Waals surface area contributed by atoms with Gasteiger partial charge in [-0.2, -0.15) is 5.26 Å². The number of nitrogens with zero attached hydrogens (tertiary/aromatic N) is 2. The van der Waals surface area contributed by atoms with Crippen molar-refractivity contribution in [3.05, 3.63) is 60.2 Å². The minimum absolute atomic E-state index is 0.0617. The predicted molar refractivity (Wildman–Crippen MR) is 86.3 cm³/mol. The topological polar surface area (TPSA) is 44.1 Å². The second-order valence-corrected chi connectivity index (χ2v) is 5.62. The molecule has 0 saturated carbocycles. The van der Waals surface area contributed by atoms with Gasteiger partial charge in [-0.05, 0) is 31.2 Å². The van der Waals surface area contributed by atoms with Crippen molar-refractivity contribution in [1.82, 2.24) is 0 Å². The van der Waals surface area contributed by atoms with E-state index in [9.17, 15) is 4.79 Å². The fraction of sp³-hybridized carbons (Fsp3) is 0.176. The summed E-state index contributed by atoms with van der Waals surface area (Å²) in [5.74, 6) is 0.257. The fourth-order valence-corrected chi connectivity index (χ4v) is 2.63. The van der Waals surface area contributed by atoms with E-state index in [2.05, 4.69) is 0 Å². The first kappa shape index (κ1) is 15.1. The van der Waals surface area contributed by atoms with Gasteiger partial charge in [0.25, 0.3) is 0 Å². The van der Waals surface area contributed by atoms with E-state index in [0.717, 1.165) is 10.6 Å². The Morgan fingerprint density at radius 3 is 2.43 bits per heavy atom. The highest BCUT2D eigenvalue weighted by Gasteiger charge is 2.15. The second-order valence-electron chi connectivity index (χ2n) is 4.58. The number of amides is 1. The zero-order valence-corrected chi connectivity index (χ0v) is 12.6. The molecule has 0 aliphatic rings. The van der Waals surface area contributed by atoms with Gasteiger partial charge in [0.05, 0.1) is 11.8 Å². The lowest BCUT2D eigenvalue weighted by molar-refractivity contribution is -0.116. The van der Waals surface area contributed by atoms with Crippen LogP contribution >= 0.6 is 11.8 Å². The molecule has 0 aliphatic carbocycles. The highest BCUT2D eigenvalue weighted by Crippen LogP contribution is 2.20. The molecule has 0 heterocycles. The summed E-state index contributed by atoms with van der Waals surface area (Å²) in [6, 6.07) is 19.4. The molecule has 2 aromatic carbocycles. The number of carbonyl (C=O) groups is 1. The monoisotopic (exact) mass is 296 g/mol. The number of hydrogen-bond acceptors (Lipinski definition) is 3. The molecule has 0 spiro atoms. The lowest BCUT2D eigenvalue weighted by atomic mass is 10.2. The first-order valence-electron chi connectivity index (χ1n) is 6.62. The maximum Gasteiger partial charge on any atom is 0.238 e. The maximum absolute atomic E-state index is 12.3. The van der Waals surface area contributed by atoms with Gasteiger partial charge in [-0.3, -0.25) is 9.69 Å². The summed E-state index contributed by atoms with van der Waals surface area (Å²) in [4.78, 5) is 14.9. The van der Waals surface area contributed by atoms with E-state index in [-0.39, 0.29) is 12.5 Å². The number of thioether (sulfide) groups is 1. The average molecular weight is 296 g/mol. The Morgan fingerprint density at radius 1 is 1.14 bits per heavy atom. The summed E-state index contributed by atoms with van der Waals surface area (Å²) in [6.45, 7) is 2.10. The van der Waals surface area contributed by atoms with E-state index in [1.54, 1.807) is 0 Å². The second kappa shape index (κ2) is 7.51. The number of anilines is 1. The van der Waals surface area contributed by atoms with Crippen LogP contribution in [0, 0.1) is 18.3 Å². The zero-order chi connectivity index (χ0) is 15.1. The first-order chi connectivity index (χ1) is 10.2. The van der Waals surface area contributed by atoms with Gasteiger partial charge in [-0.15, -0.1) is 11.8 Å². The van der Waals surface area contributed by atoms with Gasteiger partial charge < -0.3 is 0 Å². The molecule has 0 aromatic heterocycles. The number of hydrogen-bond donors (Lipinski definition) is 0. The van der Waals surface area contributed by atoms with Crippen molar-refractivity contribution in [2.75, 3.05) is 17.2 Å². The molecule has 0 saturated heterocycles. The van der Waals surface area contributed by atoms with E-state index in [0.29, 0.717) is 5.75 Å². The first-order valence-corrected chi connectivity index (χ1v) is 7.61. The van der Waals surface area contributed by atoms with Crippen LogP contribution in [0.25, 0.3) is 0 Å². The number of para-hydroxylation sites is 1. The van der Waals surface area contributed by atoms with Gasteiger partial charge in [0.1, 0.15) is 6.54 Å². The predicted octanol–water partition coefficient (Wildman–Crippen LogP) is 3.64. The van der Waals surface area contributed by atoms with Crippen LogP contribution in [-0.2, 0) is 4.79 Å².